The molecule has 9 heteroatoms. The third-order valence-electron chi connectivity index (χ3n) is 5.49. The minimum Gasteiger partial charge on any atom is -0.497 e. The van der Waals surface area contributed by atoms with Gasteiger partial charge in [-0.25, -0.2) is 9.59 Å². The highest BCUT2D eigenvalue weighted by Crippen LogP contribution is 2.29. The number of urea groups is 1. The van der Waals surface area contributed by atoms with Crippen LogP contribution < -0.4 is 15.4 Å². The lowest BCUT2D eigenvalue weighted by Crippen LogP contribution is -2.47. The third kappa shape index (κ3) is 4.88. The third-order valence-corrected chi connectivity index (χ3v) is 5.49. The van der Waals surface area contributed by atoms with E-state index in [0.29, 0.717) is 11.3 Å². The second-order valence-corrected chi connectivity index (χ2v) is 7.61. The number of benzene rings is 2. The normalized spacial score (nSPS) is 15.5. The summed E-state index contributed by atoms with van der Waals surface area (Å²) in [6.45, 7) is 1.56. The van der Waals surface area contributed by atoms with Gasteiger partial charge in [0, 0.05) is 17.1 Å². The quantitative estimate of drug-likeness (QED) is 0.442. The van der Waals surface area contributed by atoms with Crippen LogP contribution in [0.4, 0.5) is 4.79 Å². The van der Waals surface area contributed by atoms with Crippen molar-refractivity contribution in [3.05, 3.63) is 77.1 Å². The zero-order chi connectivity index (χ0) is 24.1. The molecule has 176 valence electrons. The zero-order valence-electron chi connectivity index (χ0n) is 18.8. The van der Waals surface area contributed by atoms with Gasteiger partial charge in [-0.15, -0.1) is 0 Å². The van der Waals surface area contributed by atoms with Crippen LogP contribution >= 0.6 is 0 Å². The van der Waals surface area contributed by atoms with Crippen LogP contribution in [0, 0.1) is 0 Å². The van der Waals surface area contributed by atoms with E-state index in [1.54, 1.807) is 44.5 Å². The van der Waals surface area contributed by atoms with Crippen molar-refractivity contribution in [3.63, 3.8) is 0 Å². The standard InChI is InChI=1S/C25H25N3O6/c1-3-33-24(30)22-20(27-25(31)28-23(22)15-8-10-17(32-2)11-9-15)14-34-21(29)12-16-13-26-19-7-5-4-6-18(16)19/h4-11,13,23,26H,3,12,14H2,1-2H3,(H2,27,28,31)/t23-/m1/s1. The molecular formula is C25H25N3O6. The first-order chi connectivity index (χ1) is 16.5. The lowest BCUT2D eigenvalue weighted by molar-refractivity contribution is -0.143. The Morgan fingerprint density at radius 2 is 1.79 bits per heavy atom. The summed E-state index contributed by atoms with van der Waals surface area (Å²) in [6.07, 6.45) is 1.81. The first-order valence-corrected chi connectivity index (χ1v) is 10.8. The fraction of sp³-hybridized carbons (Fsp3) is 0.240. The van der Waals surface area contributed by atoms with Gasteiger partial charge in [-0.2, -0.15) is 0 Å². The molecule has 9 nitrogen and oxygen atoms in total. The van der Waals surface area contributed by atoms with Crippen LogP contribution in [0.25, 0.3) is 10.9 Å². The molecule has 2 heterocycles. The lowest BCUT2D eigenvalue weighted by atomic mass is 9.95. The van der Waals surface area contributed by atoms with Gasteiger partial charge in [0.2, 0.25) is 0 Å². The summed E-state index contributed by atoms with van der Waals surface area (Å²) in [5.41, 5.74) is 2.72. The highest BCUT2D eigenvalue weighted by molar-refractivity contribution is 5.95. The average Bonchev–Trinajstić information content (AvgIpc) is 3.25. The van der Waals surface area contributed by atoms with Gasteiger partial charge in [0.15, 0.2) is 0 Å². The molecule has 0 spiro atoms. The van der Waals surface area contributed by atoms with Gasteiger partial charge in [0.25, 0.3) is 0 Å². The molecule has 2 aromatic carbocycles. The van der Waals surface area contributed by atoms with Gasteiger partial charge in [0.1, 0.15) is 12.4 Å². The summed E-state index contributed by atoms with van der Waals surface area (Å²) in [5.74, 6) is -0.468. The molecule has 0 bridgehead atoms. The zero-order valence-corrected chi connectivity index (χ0v) is 18.8. The van der Waals surface area contributed by atoms with Gasteiger partial charge in [0.05, 0.1) is 37.4 Å². The maximum Gasteiger partial charge on any atom is 0.338 e. The molecule has 1 atom stereocenters. The van der Waals surface area contributed by atoms with Crippen LogP contribution in [0.5, 0.6) is 5.75 Å². The molecule has 0 saturated heterocycles. The van der Waals surface area contributed by atoms with Crippen LogP contribution in [0.3, 0.4) is 0 Å². The van der Waals surface area contributed by atoms with Crippen molar-refractivity contribution in [2.24, 2.45) is 0 Å². The predicted molar refractivity (Wildman–Crippen MR) is 124 cm³/mol. The van der Waals surface area contributed by atoms with E-state index in [0.717, 1.165) is 16.5 Å². The summed E-state index contributed by atoms with van der Waals surface area (Å²) in [7, 11) is 1.55. The van der Waals surface area contributed by atoms with Crippen molar-refractivity contribution in [1.82, 2.24) is 15.6 Å². The minimum absolute atomic E-state index is 0.0418. The van der Waals surface area contributed by atoms with Crippen molar-refractivity contribution in [2.45, 2.75) is 19.4 Å². The smallest absolute Gasteiger partial charge is 0.338 e. The fourth-order valence-electron chi connectivity index (χ4n) is 3.87. The van der Waals surface area contributed by atoms with Gasteiger partial charge >= 0.3 is 18.0 Å². The highest BCUT2D eigenvalue weighted by atomic mass is 16.5. The molecule has 3 aromatic rings. The van der Waals surface area contributed by atoms with E-state index >= 15 is 0 Å². The number of nitrogens with one attached hydrogen (secondary N) is 3. The van der Waals surface area contributed by atoms with E-state index in [1.165, 1.54) is 0 Å². The predicted octanol–water partition coefficient (Wildman–Crippen LogP) is 3.13. The van der Waals surface area contributed by atoms with Gasteiger partial charge in [-0.1, -0.05) is 30.3 Å². The van der Waals surface area contributed by atoms with Crippen molar-refractivity contribution in [2.75, 3.05) is 20.3 Å². The second kappa shape index (κ2) is 10.1. The molecule has 1 aliphatic rings. The molecule has 4 rings (SSSR count). The number of fused-ring (bicyclic) bond motifs is 1. The number of esters is 2. The summed E-state index contributed by atoms with van der Waals surface area (Å²) >= 11 is 0. The van der Waals surface area contributed by atoms with Crippen LogP contribution in [-0.4, -0.2) is 43.3 Å². The number of amides is 2. The molecule has 0 saturated carbocycles. The Hall–Kier alpha value is -4.27. The summed E-state index contributed by atoms with van der Waals surface area (Å²) < 4.78 is 15.9. The molecule has 0 fully saturated rings. The lowest BCUT2D eigenvalue weighted by Gasteiger charge is -2.29. The largest absolute Gasteiger partial charge is 0.497 e. The van der Waals surface area contributed by atoms with Crippen molar-refractivity contribution >= 4 is 28.9 Å². The molecule has 0 aliphatic carbocycles. The molecular weight excluding hydrogens is 438 g/mol. The number of carbonyl (C=O) groups is 3. The molecule has 3 N–H and O–H groups in total. The number of hydrogen-bond donors (Lipinski definition) is 3. The molecule has 34 heavy (non-hydrogen) atoms. The van der Waals surface area contributed by atoms with Crippen molar-refractivity contribution in [1.29, 1.82) is 0 Å². The van der Waals surface area contributed by atoms with Gasteiger partial charge in [-0.3, -0.25) is 4.79 Å². The first kappa shape index (κ1) is 22.9. The Morgan fingerprint density at radius 1 is 1.03 bits per heavy atom. The van der Waals surface area contributed by atoms with E-state index in [1.807, 2.05) is 24.3 Å². The number of H-pyrrole nitrogens is 1. The van der Waals surface area contributed by atoms with E-state index in [9.17, 15) is 14.4 Å². The SMILES string of the molecule is CCOC(=O)C1=C(COC(=O)Cc2c[nH]c3ccccc23)NC(=O)N[C@@H]1c1ccc(OC)cc1. The number of para-hydroxylation sites is 1. The van der Waals surface area contributed by atoms with Crippen LogP contribution in [0.15, 0.2) is 66.0 Å². The van der Waals surface area contributed by atoms with E-state index in [2.05, 4.69) is 15.6 Å². The number of rotatable bonds is 8. The molecule has 1 aromatic heterocycles. The summed E-state index contributed by atoms with van der Waals surface area (Å²) in [4.78, 5) is 40.9. The van der Waals surface area contributed by atoms with Crippen molar-refractivity contribution < 1.29 is 28.6 Å². The molecule has 0 unspecified atom stereocenters. The minimum atomic E-state index is -0.777. The van der Waals surface area contributed by atoms with E-state index in [-0.39, 0.29) is 30.9 Å². The highest BCUT2D eigenvalue weighted by Gasteiger charge is 2.34. The number of aromatic amines is 1. The molecule has 1 aliphatic heterocycles. The van der Waals surface area contributed by atoms with Gasteiger partial charge < -0.3 is 29.8 Å². The fourth-order valence-corrected chi connectivity index (χ4v) is 3.87. The van der Waals surface area contributed by atoms with E-state index in [4.69, 9.17) is 14.2 Å². The Labute approximate surface area is 196 Å². The Bertz CT molecular complexity index is 1250. The second-order valence-electron chi connectivity index (χ2n) is 7.61. The van der Waals surface area contributed by atoms with Crippen LogP contribution in [0.2, 0.25) is 0 Å². The topological polar surface area (TPSA) is 119 Å². The Kier molecular flexibility index (Phi) is 6.82. The Balaban J connectivity index is 1.57. The number of carbonyl (C=O) groups excluding carboxylic acids is 3. The maximum atomic E-state index is 12.8. The number of aromatic nitrogens is 1. The number of ether oxygens (including phenoxy) is 3. The monoisotopic (exact) mass is 463 g/mol. The maximum absolute atomic E-state index is 12.8. The Morgan fingerprint density at radius 3 is 2.53 bits per heavy atom. The summed E-state index contributed by atoms with van der Waals surface area (Å²) in [6, 6.07) is 13.3. The van der Waals surface area contributed by atoms with Crippen LogP contribution in [-0.2, 0) is 25.5 Å². The van der Waals surface area contributed by atoms with E-state index < -0.39 is 24.0 Å². The van der Waals surface area contributed by atoms with Crippen LogP contribution in [0.1, 0.15) is 24.1 Å². The molecule has 0 radical (unpaired) electrons. The van der Waals surface area contributed by atoms with Gasteiger partial charge in [-0.05, 0) is 36.2 Å². The average molecular weight is 463 g/mol. The number of hydrogen-bond acceptors (Lipinski definition) is 6. The van der Waals surface area contributed by atoms with Crippen molar-refractivity contribution in [3.8, 4) is 5.75 Å². The first-order valence-electron chi connectivity index (χ1n) is 10.8. The molecule has 2 amide bonds. The summed E-state index contributed by atoms with van der Waals surface area (Å²) in [5, 5.41) is 6.26. The number of methoxy groups -OCH3 is 1.